The zero-order valence-electron chi connectivity index (χ0n) is 18.7. The fourth-order valence-electron chi connectivity index (χ4n) is 4.47. The van der Waals surface area contributed by atoms with E-state index in [-0.39, 0.29) is 17.1 Å². The second-order valence-electron chi connectivity index (χ2n) is 8.57. The number of carbonyl (C=O) groups is 1. The molecule has 174 valence electrons. The van der Waals surface area contributed by atoms with Crippen LogP contribution in [0.2, 0.25) is 0 Å². The molecule has 34 heavy (non-hydrogen) atoms. The number of hydrogen-bond donors (Lipinski definition) is 1. The third-order valence-corrected chi connectivity index (χ3v) is 7.52. The summed E-state index contributed by atoms with van der Waals surface area (Å²) < 4.78 is 21.1. The molecular weight excluding hydrogens is 449 g/mol. The average molecular weight is 476 g/mol. The van der Waals surface area contributed by atoms with Gasteiger partial charge in [0.2, 0.25) is 0 Å². The van der Waals surface area contributed by atoms with Gasteiger partial charge in [-0.15, -0.1) is 11.8 Å². The van der Waals surface area contributed by atoms with Crippen molar-refractivity contribution >= 4 is 23.3 Å². The molecule has 1 fully saturated rings. The molecule has 0 atom stereocenters. The van der Waals surface area contributed by atoms with Crippen molar-refractivity contribution in [1.29, 1.82) is 0 Å². The number of halogens is 1. The van der Waals surface area contributed by atoms with Crippen molar-refractivity contribution < 1.29 is 13.9 Å². The molecule has 1 saturated heterocycles. The lowest BCUT2D eigenvalue weighted by atomic mass is 9.74. The summed E-state index contributed by atoms with van der Waals surface area (Å²) >= 11 is 1.60. The summed E-state index contributed by atoms with van der Waals surface area (Å²) in [5.74, 6) is 0.306. The molecule has 7 heteroatoms. The molecule has 1 aliphatic heterocycles. The van der Waals surface area contributed by atoms with Crippen LogP contribution < -0.4 is 5.32 Å². The fraction of sp³-hybridized carbons (Fsp3) is 0.259. The minimum atomic E-state index is -0.264. The number of thioether (sulfide) groups is 1. The summed E-state index contributed by atoms with van der Waals surface area (Å²) in [7, 11) is 0. The van der Waals surface area contributed by atoms with Crippen LogP contribution in [0.25, 0.3) is 5.65 Å². The van der Waals surface area contributed by atoms with Crippen LogP contribution in [0.1, 0.15) is 34.5 Å². The number of pyridine rings is 1. The highest BCUT2D eigenvalue weighted by molar-refractivity contribution is 7.98. The van der Waals surface area contributed by atoms with Crippen molar-refractivity contribution in [2.75, 3.05) is 19.8 Å². The quantitative estimate of drug-likeness (QED) is 0.371. The van der Waals surface area contributed by atoms with Crippen LogP contribution in [0.5, 0.6) is 0 Å². The predicted octanol–water partition coefficient (Wildman–Crippen LogP) is 5.24. The van der Waals surface area contributed by atoms with E-state index in [0.29, 0.717) is 31.1 Å². The van der Waals surface area contributed by atoms with Crippen LogP contribution in [0.4, 0.5) is 4.39 Å². The van der Waals surface area contributed by atoms with Crippen molar-refractivity contribution in [2.45, 2.75) is 28.9 Å². The first-order chi connectivity index (χ1) is 16.6. The molecule has 5 rings (SSSR count). The number of ether oxygens (including phenoxy) is 1. The van der Waals surface area contributed by atoms with Gasteiger partial charge in [-0.3, -0.25) is 4.79 Å². The fourth-order valence-corrected chi connectivity index (χ4v) is 5.40. The van der Waals surface area contributed by atoms with E-state index in [1.807, 2.05) is 71.4 Å². The molecule has 1 N–H and O–H groups in total. The monoisotopic (exact) mass is 475 g/mol. The Labute approximate surface area is 202 Å². The maximum Gasteiger partial charge on any atom is 0.252 e. The van der Waals surface area contributed by atoms with E-state index in [2.05, 4.69) is 10.3 Å². The number of hydrogen-bond acceptors (Lipinski definition) is 4. The lowest BCUT2D eigenvalue weighted by Gasteiger charge is -2.38. The van der Waals surface area contributed by atoms with Gasteiger partial charge in [0.25, 0.3) is 5.91 Å². The highest BCUT2D eigenvalue weighted by Crippen LogP contribution is 2.35. The van der Waals surface area contributed by atoms with E-state index in [9.17, 15) is 9.18 Å². The summed E-state index contributed by atoms with van der Waals surface area (Å²) in [6.07, 6.45) is 5.56. The summed E-state index contributed by atoms with van der Waals surface area (Å²) in [5, 5.41) is 3.16. The first-order valence-corrected chi connectivity index (χ1v) is 12.4. The van der Waals surface area contributed by atoms with E-state index in [4.69, 9.17) is 4.74 Å². The Morgan fingerprint density at radius 3 is 2.62 bits per heavy atom. The summed E-state index contributed by atoms with van der Waals surface area (Å²) in [6, 6.07) is 20.2. The molecule has 0 radical (unpaired) electrons. The normalized spacial score (nSPS) is 15.3. The number of carbonyl (C=O) groups excluding carboxylic acids is 1. The van der Waals surface area contributed by atoms with Gasteiger partial charge in [-0.1, -0.05) is 30.3 Å². The second kappa shape index (κ2) is 9.99. The number of aromatic nitrogens is 2. The van der Waals surface area contributed by atoms with E-state index in [0.717, 1.165) is 34.6 Å². The highest BCUT2D eigenvalue weighted by Gasteiger charge is 2.35. The molecule has 0 spiro atoms. The van der Waals surface area contributed by atoms with Crippen LogP contribution in [-0.4, -0.2) is 35.1 Å². The van der Waals surface area contributed by atoms with Gasteiger partial charge in [0, 0.05) is 48.2 Å². The Hall–Kier alpha value is -3.16. The average Bonchev–Trinajstić information content (AvgIpc) is 3.30. The molecule has 2 aromatic heterocycles. The van der Waals surface area contributed by atoms with Crippen molar-refractivity contribution in [3.8, 4) is 0 Å². The lowest BCUT2D eigenvalue weighted by molar-refractivity contribution is 0.0486. The molecule has 1 aliphatic rings. The standard InChI is InChI=1S/C27H26FN3O2S/c28-21-10-8-20(9-11-21)27(12-15-33-16-13-27)19-29-26(32)23-5-1-2-6-24(23)34-18-22-17-31-14-4-3-7-25(31)30-22/h1-11,14,17H,12-13,15-16,18-19H2,(H,29,32). The van der Waals surface area contributed by atoms with Crippen LogP contribution >= 0.6 is 11.8 Å². The highest BCUT2D eigenvalue weighted by atomic mass is 32.2. The van der Waals surface area contributed by atoms with Crippen LogP contribution in [-0.2, 0) is 15.9 Å². The van der Waals surface area contributed by atoms with Crippen molar-refractivity contribution in [1.82, 2.24) is 14.7 Å². The second-order valence-corrected chi connectivity index (χ2v) is 9.58. The molecule has 5 nitrogen and oxygen atoms in total. The Bertz CT molecular complexity index is 1250. The first-order valence-electron chi connectivity index (χ1n) is 11.4. The number of fused-ring (bicyclic) bond motifs is 1. The van der Waals surface area contributed by atoms with Gasteiger partial charge in [-0.2, -0.15) is 0 Å². The van der Waals surface area contributed by atoms with Crippen molar-refractivity contribution in [3.63, 3.8) is 0 Å². The van der Waals surface area contributed by atoms with E-state index >= 15 is 0 Å². The van der Waals surface area contributed by atoms with Crippen LogP contribution in [0.3, 0.4) is 0 Å². The van der Waals surface area contributed by atoms with Gasteiger partial charge in [-0.05, 0) is 54.8 Å². The van der Waals surface area contributed by atoms with Gasteiger partial charge in [0.15, 0.2) is 0 Å². The van der Waals surface area contributed by atoms with E-state index in [1.54, 1.807) is 11.8 Å². The maximum atomic E-state index is 13.5. The first kappa shape index (κ1) is 22.6. The number of nitrogens with zero attached hydrogens (tertiary/aromatic N) is 2. The summed E-state index contributed by atoms with van der Waals surface area (Å²) in [5.41, 5.74) is 3.29. The third kappa shape index (κ3) is 4.86. The number of imidazole rings is 1. The van der Waals surface area contributed by atoms with E-state index in [1.165, 1.54) is 12.1 Å². The van der Waals surface area contributed by atoms with Crippen molar-refractivity contribution in [3.05, 3.63) is 102 Å². The van der Waals surface area contributed by atoms with Gasteiger partial charge in [0.05, 0.1) is 11.3 Å². The molecule has 0 aliphatic carbocycles. The van der Waals surface area contributed by atoms with Crippen LogP contribution in [0, 0.1) is 5.82 Å². The van der Waals surface area contributed by atoms with E-state index < -0.39 is 0 Å². The Balaban J connectivity index is 1.30. The molecule has 0 unspecified atom stereocenters. The minimum Gasteiger partial charge on any atom is -0.381 e. The lowest BCUT2D eigenvalue weighted by Crippen LogP contribution is -2.44. The zero-order valence-corrected chi connectivity index (χ0v) is 19.6. The minimum absolute atomic E-state index is 0.105. The molecule has 1 amide bonds. The number of amides is 1. The van der Waals surface area contributed by atoms with Gasteiger partial charge in [-0.25, -0.2) is 9.37 Å². The van der Waals surface area contributed by atoms with Crippen molar-refractivity contribution in [2.24, 2.45) is 0 Å². The number of nitrogens with one attached hydrogen (secondary N) is 1. The van der Waals surface area contributed by atoms with Crippen LogP contribution in [0.15, 0.2) is 84.0 Å². The molecular formula is C27H26FN3O2S. The Kier molecular flexibility index (Phi) is 6.65. The Morgan fingerprint density at radius 2 is 1.82 bits per heavy atom. The number of rotatable bonds is 7. The largest absolute Gasteiger partial charge is 0.381 e. The summed E-state index contributed by atoms with van der Waals surface area (Å²) in [4.78, 5) is 18.8. The molecule has 4 aromatic rings. The summed E-state index contributed by atoms with van der Waals surface area (Å²) in [6.45, 7) is 1.73. The maximum absolute atomic E-state index is 13.5. The Morgan fingerprint density at radius 1 is 1.06 bits per heavy atom. The van der Waals surface area contributed by atoms with Gasteiger partial charge < -0.3 is 14.5 Å². The zero-order chi connectivity index (χ0) is 23.4. The van der Waals surface area contributed by atoms with Gasteiger partial charge in [0.1, 0.15) is 11.5 Å². The molecule has 3 heterocycles. The third-order valence-electron chi connectivity index (χ3n) is 6.41. The molecule has 0 saturated carbocycles. The smallest absolute Gasteiger partial charge is 0.252 e. The number of benzene rings is 2. The molecule has 2 aromatic carbocycles. The molecule has 0 bridgehead atoms. The SMILES string of the molecule is O=C(NCC1(c2ccc(F)cc2)CCOCC1)c1ccccc1SCc1cn2ccccc2n1. The van der Waals surface area contributed by atoms with Gasteiger partial charge >= 0.3 is 0 Å². The topological polar surface area (TPSA) is 55.6 Å². The predicted molar refractivity (Wildman–Crippen MR) is 132 cm³/mol.